The number of ether oxygens (including phenoxy) is 1. The molecule has 0 N–H and O–H groups in total. The summed E-state index contributed by atoms with van der Waals surface area (Å²) in [6.07, 6.45) is 12.4. The van der Waals surface area contributed by atoms with E-state index in [4.69, 9.17) is 4.74 Å². The fourth-order valence-electron chi connectivity index (χ4n) is 2.77. The monoisotopic (exact) mass is 380 g/mol. The van der Waals surface area contributed by atoms with Crippen LogP contribution in [0.4, 0.5) is 4.39 Å². The number of nitrogens with zero attached hydrogens (tertiary/aromatic N) is 2. The standard InChI is InChI=1S/C24H29FN2O/c1-3-5-6-7-8-9-20-10-12-21(13-11-20)18-26-27-19-22-14-15-24(23(25)17-22)28-16-4-2/h4,10-15,17-19H,2-3,5-9,16H2,1H3/b26-18+,27-19-. The molecule has 0 spiro atoms. The van der Waals surface area contributed by atoms with Crippen LogP contribution in [0.3, 0.4) is 0 Å². The second-order valence-electron chi connectivity index (χ2n) is 6.68. The fourth-order valence-corrected chi connectivity index (χ4v) is 2.77. The molecule has 0 atom stereocenters. The third kappa shape index (κ3) is 7.87. The van der Waals surface area contributed by atoms with Gasteiger partial charge in [0.15, 0.2) is 11.6 Å². The Morgan fingerprint density at radius 1 is 0.929 bits per heavy atom. The van der Waals surface area contributed by atoms with Gasteiger partial charge >= 0.3 is 0 Å². The van der Waals surface area contributed by atoms with Crippen molar-refractivity contribution in [3.63, 3.8) is 0 Å². The van der Waals surface area contributed by atoms with Gasteiger partial charge < -0.3 is 4.74 Å². The molecule has 2 aromatic rings. The van der Waals surface area contributed by atoms with E-state index in [-0.39, 0.29) is 12.4 Å². The van der Waals surface area contributed by atoms with E-state index >= 15 is 0 Å². The molecule has 4 heteroatoms. The van der Waals surface area contributed by atoms with E-state index in [1.807, 2.05) is 12.1 Å². The van der Waals surface area contributed by atoms with Gasteiger partial charge in [-0.1, -0.05) is 69.5 Å². The zero-order valence-electron chi connectivity index (χ0n) is 16.6. The summed E-state index contributed by atoms with van der Waals surface area (Å²) in [5.74, 6) is -0.230. The molecule has 0 aliphatic carbocycles. The molecule has 148 valence electrons. The number of halogens is 1. The third-order valence-corrected chi connectivity index (χ3v) is 4.34. The quantitative estimate of drug-likeness (QED) is 0.183. The summed E-state index contributed by atoms with van der Waals surface area (Å²) < 4.78 is 19.1. The van der Waals surface area contributed by atoms with Crippen molar-refractivity contribution in [2.45, 2.75) is 45.4 Å². The van der Waals surface area contributed by atoms with Crippen molar-refractivity contribution >= 4 is 12.4 Å². The normalized spacial score (nSPS) is 11.4. The van der Waals surface area contributed by atoms with Crippen LogP contribution >= 0.6 is 0 Å². The van der Waals surface area contributed by atoms with Crippen LogP contribution in [0.2, 0.25) is 0 Å². The van der Waals surface area contributed by atoms with Crippen LogP contribution in [-0.2, 0) is 6.42 Å². The predicted molar refractivity (Wildman–Crippen MR) is 116 cm³/mol. The molecule has 0 amide bonds. The van der Waals surface area contributed by atoms with Crippen molar-refractivity contribution in [2.75, 3.05) is 6.61 Å². The van der Waals surface area contributed by atoms with Gasteiger partial charge in [0, 0.05) is 0 Å². The molecule has 0 aliphatic rings. The van der Waals surface area contributed by atoms with Crippen LogP contribution in [-0.4, -0.2) is 19.0 Å². The third-order valence-electron chi connectivity index (χ3n) is 4.34. The van der Waals surface area contributed by atoms with E-state index in [0.29, 0.717) is 5.56 Å². The van der Waals surface area contributed by atoms with E-state index in [1.165, 1.54) is 49.9 Å². The van der Waals surface area contributed by atoms with Gasteiger partial charge in [-0.05, 0) is 47.7 Å². The molecule has 28 heavy (non-hydrogen) atoms. The van der Waals surface area contributed by atoms with E-state index < -0.39 is 5.82 Å². The van der Waals surface area contributed by atoms with E-state index in [2.05, 4.69) is 35.8 Å². The van der Waals surface area contributed by atoms with Gasteiger partial charge in [0.25, 0.3) is 0 Å². The first-order chi connectivity index (χ1) is 13.7. The first kappa shape index (κ1) is 21.5. The highest BCUT2D eigenvalue weighted by atomic mass is 19.1. The second-order valence-corrected chi connectivity index (χ2v) is 6.68. The van der Waals surface area contributed by atoms with Gasteiger partial charge in [-0.25, -0.2) is 4.39 Å². The van der Waals surface area contributed by atoms with Crippen LogP contribution in [0.1, 0.15) is 55.7 Å². The molecule has 0 saturated carbocycles. The Hall–Kier alpha value is -2.75. The Morgan fingerprint density at radius 3 is 2.29 bits per heavy atom. The maximum absolute atomic E-state index is 13.9. The molecule has 0 radical (unpaired) electrons. The van der Waals surface area contributed by atoms with Crippen molar-refractivity contribution in [3.05, 3.63) is 77.6 Å². The summed E-state index contributed by atoms with van der Waals surface area (Å²) in [5.41, 5.74) is 2.97. The van der Waals surface area contributed by atoms with E-state index in [9.17, 15) is 4.39 Å². The molecule has 0 saturated heterocycles. The summed E-state index contributed by atoms with van der Waals surface area (Å²) in [5, 5.41) is 8.03. The number of aryl methyl sites for hydroxylation is 1. The van der Waals surface area contributed by atoms with Gasteiger partial charge in [-0.15, -0.1) is 0 Å². The smallest absolute Gasteiger partial charge is 0.165 e. The van der Waals surface area contributed by atoms with Crippen LogP contribution in [0.25, 0.3) is 0 Å². The minimum Gasteiger partial charge on any atom is -0.486 e. The second kappa shape index (κ2) is 12.6. The molecule has 2 aromatic carbocycles. The first-order valence-corrected chi connectivity index (χ1v) is 9.91. The molecule has 0 heterocycles. The van der Waals surface area contributed by atoms with Crippen molar-refractivity contribution in [3.8, 4) is 5.75 Å². The first-order valence-electron chi connectivity index (χ1n) is 9.91. The highest BCUT2D eigenvalue weighted by Crippen LogP contribution is 2.17. The zero-order valence-corrected chi connectivity index (χ0v) is 16.6. The fraction of sp³-hybridized carbons (Fsp3) is 0.333. The summed E-state index contributed by atoms with van der Waals surface area (Å²) in [4.78, 5) is 0. The molecule has 0 fully saturated rings. The lowest BCUT2D eigenvalue weighted by atomic mass is 10.0. The van der Waals surface area contributed by atoms with Crippen molar-refractivity contribution in [2.24, 2.45) is 10.2 Å². The Bertz CT molecular complexity index is 782. The lowest BCUT2D eigenvalue weighted by molar-refractivity contribution is 0.342. The topological polar surface area (TPSA) is 34.0 Å². The molecule has 0 unspecified atom stereocenters. The summed E-state index contributed by atoms with van der Waals surface area (Å²) >= 11 is 0. The largest absolute Gasteiger partial charge is 0.486 e. The number of rotatable bonds is 12. The number of hydrogen-bond acceptors (Lipinski definition) is 3. The molecule has 0 bridgehead atoms. The van der Waals surface area contributed by atoms with E-state index in [0.717, 1.165) is 12.0 Å². The molecular formula is C24H29FN2O. The number of benzene rings is 2. The average Bonchev–Trinajstić information content (AvgIpc) is 2.71. The summed E-state index contributed by atoms with van der Waals surface area (Å²) in [7, 11) is 0. The maximum Gasteiger partial charge on any atom is 0.165 e. The molecule has 3 nitrogen and oxygen atoms in total. The van der Waals surface area contributed by atoms with Crippen molar-refractivity contribution < 1.29 is 9.13 Å². The van der Waals surface area contributed by atoms with Gasteiger partial charge in [-0.2, -0.15) is 10.2 Å². The number of hydrogen-bond donors (Lipinski definition) is 0. The van der Waals surface area contributed by atoms with Gasteiger partial charge in [0.05, 0.1) is 12.4 Å². The molecular weight excluding hydrogens is 351 g/mol. The Balaban J connectivity index is 1.81. The average molecular weight is 381 g/mol. The maximum atomic E-state index is 13.9. The lowest BCUT2D eigenvalue weighted by Gasteiger charge is -2.04. The van der Waals surface area contributed by atoms with Gasteiger partial charge in [0.1, 0.15) is 6.61 Å². The Morgan fingerprint density at radius 2 is 1.61 bits per heavy atom. The molecule has 2 rings (SSSR count). The van der Waals surface area contributed by atoms with Crippen LogP contribution < -0.4 is 4.74 Å². The molecule has 0 aliphatic heterocycles. The van der Waals surface area contributed by atoms with Crippen LogP contribution in [0, 0.1) is 5.82 Å². The van der Waals surface area contributed by atoms with Crippen molar-refractivity contribution in [1.82, 2.24) is 0 Å². The minimum absolute atomic E-state index is 0.200. The van der Waals surface area contributed by atoms with Gasteiger partial charge in [0.2, 0.25) is 0 Å². The Labute approximate surface area is 167 Å². The van der Waals surface area contributed by atoms with E-state index in [1.54, 1.807) is 24.4 Å². The van der Waals surface area contributed by atoms with Crippen LogP contribution in [0.5, 0.6) is 5.75 Å². The highest BCUT2D eigenvalue weighted by molar-refractivity contribution is 5.82. The Kier molecular flexibility index (Phi) is 9.70. The van der Waals surface area contributed by atoms with Crippen LogP contribution in [0.15, 0.2) is 65.3 Å². The highest BCUT2D eigenvalue weighted by Gasteiger charge is 2.02. The lowest BCUT2D eigenvalue weighted by Crippen LogP contribution is -1.96. The minimum atomic E-state index is -0.430. The predicted octanol–water partition coefficient (Wildman–Crippen LogP) is 6.36. The summed E-state index contributed by atoms with van der Waals surface area (Å²) in [6, 6.07) is 13.1. The zero-order chi connectivity index (χ0) is 20.0. The SMILES string of the molecule is C=CCOc1ccc(/C=N\N=C\c2ccc(CCCCCCC)cc2)cc1F. The summed E-state index contributed by atoms with van der Waals surface area (Å²) in [6.45, 7) is 6.05. The van der Waals surface area contributed by atoms with Crippen molar-refractivity contribution in [1.29, 1.82) is 0 Å². The van der Waals surface area contributed by atoms with Gasteiger partial charge in [-0.3, -0.25) is 0 Å². The molecule has 0 aromatic heterocycles. The number of unbranched alkanes of at least 4 members (excludes halogenated alkanes) is 4.